The summed E-state index contributed by atoms with van der Waals surface area (Å²) < 4.78 is 42.9. The van der Waals surface area contributed by atoms with Crippen molar-refractivity contribution in [2.24, 2.45) is 0 Å². The molecule has 2 aromatic rings. The molecule has 0 N–H and O–H groups in total. The minimum absolute atomic E-state index is 0.105. The van der Waals surface area contributed by atoms with Crippen LogP contribution in [0.2, 0.25) is 0 Å². The molecule has 0 saturated heterocycles. The Balaban J connectivity index is 2.43. The van der Waals surface area contributed by atoms with E-state index in [4.69, 9.17) is 10.00 Å². The van der Waals surface area contributed by atoms with Gasteiger partial charge >= 0.3 is 0 Å². The zero-order valence-electron chi connectivity index (χ0n) is 11.2. The van der Waals surface area contributed by atoms with Crippen LogP contribution in [0.25, 0.3) is 0 Å². The normalized spacial score (nSPS) is 10.9. The van der Waals surface area contributed by atoms with Crippen LogP contribution in [0.4, 0.5) is 4.39 Å². The standard InChI is InChI=1S/C15H12FNO3S/c1-20-15-6-5-11(9-17)7-12(15)10-21(18,19)14-4-2-3-13(16)8-14/h2-8H,10H2,1H3. The van der Waals surface area contributed by atoms with Crippen molar-refractivity contribution in [2.75, 3.05) is 7.11 Å². The Labute approximate surface area is 122 Å². The predicted molar refractivity (Wildman–Crippen MR) is 75.0 cm³/mol. The third-order valence-corrected chi connectivity index (χ3v) is 4.57. The fourth-order valence-electron chi connectivity index (χ4n) is 1.91. The van der Waals surface area contributed by atoms with Gasteiger partial charge in [-0.25, -0.2) is 12.8 Å². The van der Waals surface area contributed by atoms with Gasteiger partial charge in [-0.05, 0) is 36.4 Å². The Kier molecular flexibility index (Phi) is 4.24. The zero-order chi connectivity index (χ0) is 15.5. The topological polar surface area (TPSA) is 67.2 Å². The number of benzene rings is 2. The van der Waals surface area contributed by atoms with E-state index in [-0.39, 0.29) is 10.6 Å². The van der Waals surface area contributed by atoms with E-state index in [0.29, 0.717) is 16.9 Å². The van der Waals surface area contributed by atoms with Gasteiger partial charge in [-0.15, -0.1) is 0 Å². The first kappa shape index (κ1) is 15.0. The number of halogens is 1. The van der Waals surface area contributed by atoms with E-state index in [1.54, 1.807) is 0 Å². The highest BCUT2D eigenvalue weighted by Crippen LogP contribution is 2.25. The molecule has 2 aromatic carbocycles. The molecular weight excluding hydrogens is 293 g/mol. The molecule has 0 aliphatic carbocycles. The predicted octanol–water partition coefficient (Wildman–Crippen LogP) is 2.68. The van der Waals surface area contributed by atoms with Crippen LogP contribution >= 0.6 is 0 Å². The van der Waals surface area contributed by atoms with Gasteiger partial charge in [0.1, 0.15) is 11.6 Å². The molecule has 0 radical (unpaired) electrons. The highest BCUT2D eigenvalue weighted by molar-refractivity contribution is 7.90. The van der Waals surface area contributed by atoms with Gasteiger partial charge in [-0.1, -0.05) is 6.07 Å². The van der Waals surface area contributed by atoms with Crippen LogP contribution in [0.3, 0.4) is 0 Å². The lowest BCUT2D eigenvalue weighted by molar-refractivity contribution is 0.411. The molecule has 0 heterocycles. The van der Waals surface area contributed by atoms with Crippen molar-refractivity contribution in [1.29, 1.82) is 5.26 Å². The van der Waals surface area contributed by atoms with Gasteiger partial charge in [0, 0.05) is 5.56 Å². The molecule has 21 heavy (non-hydrogen) atoms. The maximum Gasteiger partial charge on any atom is 0.182 e. The molecule has 0 atom stereocenters. The first-order valence-corrected chi connectivity index (χ1v) is 7.67. The van der Waals surface area contributed by atoms with Crippen LogP contribution in [0.5, 0.6) is 5.75 Å². The molecule has 0 aliphatic rings. The van der Waals surface area contributed by atoms with Gasteiger partial charge in [-0.3, -0.25) is 0 Å². The monoisotopic (exact) mass is 305 g/mol. The molecule has 0 bridgehead atoms. The summed E-state index contributed by atoms with van der Waals surface area (Å²) in [4.78, 5) is -0.105. The number of sulfone groups is 1. The van der Waals surface area contributed by atoms with Gasteiger partial charge in [0.2, 0.25) is 0 Å². The van der Waals surface area contributed by atoms with Crippen molar-refractivity contribution in [3.8, 4) is 11.8 Å². The van der Waals surface area contributed by atoms with Crippen molar-refractivity contribution < 1.29 is 17.5 Å². The van der Waals surface area contributed by atoms with Gasteiger partial charge in [0.25, 0.3) is 0 Å². The number of ether oxygens (including phenoxy) is 1. The van der Waals surface area contributed by atoms with Crippen LogP contribution < -0.4 is 4.74 Å². The molecule has 0 amide bonds. The maximum atomic E-state index is 13.2. The molecule has 0 aliphatic heterocycles. The van der Waals surface area contributed by atoms with E-state index in [1.807, 2.05) is 6.07 Å². The molecule has 0 aromatic heterocycles. The second-order valence-electron chi connectivity index (χ2n) is 4.35. The number of nitriles is 1. The molecule has 0 spiro atoms. The Bertz CT molecular complexity index is 810. The largest absolute Gasteiger partial charge is 0.496 e. The summed E-state index contributed by atoms with van der Waals surface area (Å²) in [6, 6.07) is 11.3. The summed E-state index contributed by atoms with van der Waals surface area (Å²) in [6.45, 7) is 0. The van der Waals surface area contributed by atoms with Gasteiger partial charge in [0.05, 0.1) is 29.4 Å². The van der Waals surface area contributed by atoms with E-state index < -0.39 is 15.7 Å². The first-order valence-electron chi connectivity index (χ1n) is 6.01. The first-order chi connectivity index (χ1) is 9.96. The van der Waals surface area contributed by atoms with E-state index in [9.17, 15) is 12.8 Å². The van der Waals surface area contributed by atoms with Crippen molar-refractivity contribution in [2.45, 2.75) is 10.6 Å². The van der Waals surface area contributed by atoms with Crippen LogP contribution in [-0.4, -0.2) is 15.5 Å². The van der Waals surface area contributed by atoms with Crippen LogP contribution in [0.1, 0.15) is 11.1 Å². The molecular formula is C15H12FNO3S. The van der Waals surface area contributed by atoms with E-state index in [1.165, 1.54) is 43.5 Å². The smallest absolute Gasteiger partial charge is 0.182 e. The van der Waals surface area contributed by atoms with Gasteiger partial charge in [0.15, 0.2) is 9.84 Å². The second-order valence-corrected chi connectivity index (χ2v) is 6.34. The zero-order valence-corrected chi connectivity index (χ0v) is 12.0. The van der Waals surface area contributed by atoms with Crippen molar-refractivity contribution in [1.82, 2.24) is 0 Å². The Morgan fingerprint density at radius 3 is 2.62 bits per heavy atom. The van der Waals surface area contributed by atoms with E-state index >= 15 is 0 Å². The molecule has 108 valence electrons. The minimum atomic E-state index is -3.72. The van der Waals surface area contributed by atoms with Gasteiger partial charge < -0.3 is 4.74 Å². The Hall–Kier alpha value is -2.39. The summed E-state index contributed by atoms with van der Waals surface area (Å²) in [7, 11) is -2.31. The highest BCUT2D eigenvalue weighted by Gasteiger charge is 2.19. The summed E-state index contributed by atoms with van der Waals surface area (Å²) in [6.07, 6.45) is 0. The quantitative estimate of drug-likeness (QED) is 0.871. The third kappa shape index (κ3) is 3.38. The van der Waals surface area contributed by atoms with Crippen LogP contribution in [0.15, 0.2) is 47.4 Å². The lowest BCUT2D eigenvalue weighted by atomic mass is 10.1. The lowest BCUT2D eigenvalue weighted by Crippen LogP contribution is -2.07. The molecule has 0 unspecified atom stereocenters. The van der Waals surface area contributed by atoms with Crippen molar-refractivity contribution in [3.05, 3.63) is 59.4 Å². The van der Waals surface area contributed by atoms with E-state index in [2.05, 4.69) is 0 Å². The molecule has 2 rings (SSSR count). The van der Waals surface area contributed by atoms with Gasteiger partial charge in [-0.2, -0.15) is 5.26 Å². The molecule has 0 saturated carbocycles. The number of hydrogen-bond donors (Lipinski definition) is 0. The number of methoxy groups -OCH3 is 1. The average Bonchev–Trinajstić information content (AvgIpc) is 2.46. The fraction of sp³-hybridized carbons (Fsp3) is 0.133. The molecule has 6 heteroatoms. The van der Waals surface area contributed by atoms with E-state index in [0.717, 1.165) is 6.07 Å². The third-order valence-electron chi connectivity index (χ3n) is 2.91. The van der Waals surface area contributed by atoms with Crippen molar-refractivity contribution >= 4 is 9.84 Å². The summed E-state index contributed by atoms with van der Waals surface area (Å²) in [5.74, 6) is -0.613. The minimum Gasteiger partial charge on any atom is -0.496 e. The molecule has 0 fully saturated rings. The number of rotatable bonds is 4. The summed E-state index contributed by atoms with van der Waals surface area (Å²) in [5, 5.41) is 8.89. The summed E-state index contributed by atoms with van der Waals surface area (Å²) >= 11 is 0. The van der Waals surface area contributed by atoms with Crippen LogP contribution in [-0.2, 0) is 15.6 Å². The Morgan fingerprint density at radius 2 is 2.00 bits per heavy atom. The Morgan fingerprint density at radius 1 is 1.24 bits per heavy atom. The number of nitrogens with zero attached hydrogens (tertiary/aromatic N) is 1. The second kappa shape index (κ2) is 5.94. The average molecular weight is 305 g/mol. The molecule has 4 nitrogen and oxygen atoms in total. The summed E-state index contributed by atoms with van der Waals surface area (Å²) in [5.41, 5.74) is 0.695. The fourth-order valence-corrected chi connectivity index (χ4v) is 3.29. The van der Waals surface area contributed by atoms with Crippen molar-refractivity contribution in [3.63, 3.8) is 0 Å². The van der Waals surface area contributed by atoms with Crippen LogP contribution in [0, 0.1) is 17.1 Å². The highest BCUT2D eigenvalue weighted by atomic mass is 32.2. The maximum absolute atomic E-state index is 13.2. The lowest BCUT2D eigenvalue weighted by Gasteiger charge is -2.10. The SMILES string of the molecule is COc1ccc(C#N)cc1CS(=O)(=O)c1cccc(F)c1. The number of hydrogen-bond acceptors (Lipinski definition) is 4.